The highest BCUT2D eigenvalue weighted by Gasteiger charge is 2.46. The van der Waals surface area contributed by atoms with Gasteiger partial charge in [0.2, 0.25) is 15.9 Å². The van der Waals surface area contributed by atoms with Crippen molar-refractivity contribution in [3.05, 3.63) is 23.4 Å². The molecule has 1 aromatic heterocycles. The van der Waals surface area contributed by atoms with Gasteiger partial charge in [0.15, 0.2) is 0 Å². The molecule has 4 heterocycles. The van der Waals surface area contributed by atoms with Gasteiger partial charge in [-0.3, -0.25) is 4.90 Å². The standard InChI is InChI=1S/C23H33F2N3O7S/c1-36(31,32)27-19-11-16(12-29)28-20(19)13-35-17-5-3-14(4-6-17)18-9-15(22(24)25)10-21(26-18)33-7-2-8-34-23(28)30/h9-10,14,16-17,19-20,22,27,29H,2-8,11-13H2,1H3/t14?,16-,17?,19-,20-/m0/s1. The molecule has 0 aromatic carbocycles. The predicted molar refractivity (Wildman–Crippen MR) is 124 cm³/mol. The van der Waals surface area contributed by atoms with Gasteiger partial charge in [-0.2, -0.15) is 0 Å². The second-order valence-corrected chi connectivity index (χ2v) is 11.4. The van der Waals surface area contributed by atoms with Crippen LogP contribution in [0.2, 0.25) is 0 Å². The van der Waals surface area contributed by atoms with Crippen molar-refractivity contribution in [1.82, 2.24) is 14.6 Å². The normalized spacial score (nSPS) is 30.0. The number of hydrogen-bond donors (Lipinski definition) is 2. The summed E-state index contributed by atoms with van der Waals surface area (Å²) in [6, 6.07) is 0.757. The van der Waals surface area contributed by atoms with Crippen LogP contribution in [0.5, 0.6) is 5.88 Å². The summed E-state index contributed by atoms with van der Waals surface area (Å²) in [4.78, 5) is 18.8. The Kier molecular flexibility index (Phi) is 8.63. The Morgan fingerprint density at radius 1 is 1.19 bits per heavy atom. The van der Waals surface area contributed by atoms with Crippen molar-refractivity contribution in [3.8, 4) is 5.88 Å². The number of amides is 1. The van der Waals surface area contributed by atoms with E-state index in [9.17, 15) is 27.1 Å². The maximum atomic E-state index is 13.5. The van der Waals surface area contributed by atoms with Crippen molar-refractivity contribution in [2.45, 2.75) is 75.1 Å². The highest BCUT2D eigenvalue weighted by molar-refractivity contribution is 7.88. The number of nitrogens with zero attached hydrogens (tertiary/aromatic N) is 2. The first-order valence-electron chi connectivity index (χ1n) is 12.2. The SMILES string of the molecule is CS(=O)(=O)N[C@H]1C[C@@H](CO)N2C(=O)OCCCOc3cc(C(F)F)cc(n3)C3CCC(CC3)OC[C@@H]12. The topological polar surface area (TPSA) is 127 Å². The quantitative estimate of drug-likeness (QED) is 0.604. The first kappa shape index (κ1) is 27.0. The molecule has 3 atom stereocenters. The van der Waals surface area contributed by atoms with E-state index >= 15 is 0 Å². The Balaban J connectivity index is 1.56. The van der Waals surface area contributed by atoms with Crippen LogP contribution >= 0.6 is 0 Å². The van der Waals surface area contributed by atoms with E-state index in [-0.39, 0.29) is 62.7 Å². The number of aliphatic hydroxyl groups is 1. The van der Waals surface area contributed by atoms with Crippen LogP contribution < -0.4 is 9.46 Å². The maximum Gasteiger partial charge on any atom is 0.410 e. The van der Waals surface area contributed by atoms with E-state index in [1.165, 1.54) is 17.0 Å². The van der Waals surface area contributed by atoms with Crippen LogP contribution in [0.25, 0.3) is 0 Å². The zero-order valence-electron chi connectivity index (χ0n) is 20.1. The summed E-state index contributed by atoms with van der Waals surface area (Å²) in [6.07, 6.45) is 0.778. The lowest BCUT2D eigenvalue weighted by atomic mass is 9.84. The molecule has 1 saturated carbocycles. The van der Waals surface area contributed by atoms with E-state index in [1.807, 2.05) is 0 Å². The van der Waals surface area contributed by atoms with Crippen LogP contribution in [0.4, 0.5) is 13.6 Å². The third-order valence-electron chi connectivity index (χ3n) is 6.98. The first-order chi connectivity index (χ1) is 17.1. The molecule has 1 saturated heterocycles. The lowest BCUT2D eigenvalue weighted by molar-refractivity contribution is -0.0142. The molecular formula is C23H33F2N3O7S. The number of carbonyl (C=O) groups is 1. The minimum atomic E-state index is -3.57. The Labute approximate surface area is 209 Å². The van der Waals surface area contributed by atoms with Crippen LogP contribution in [-0.4, -0.2) is 86.4 Å². The van der Waals surface area contributed by atoms with E-state index in [0.29, 0.717) is 31.4 Å². The molecule has 0 unspecified atom stereocenters. The summed E-state index contributed by atoms with van der Waals surface area (Å²) in [5.74, 6) is 0.111. The summed E-state index contributed by atoms with van der Waals surface area (Å²) in [5, 5.41) is 9.90. The van der Waals surface area contributed by atoms with Crippen molar-refractivity contribution in [1.29, 1.82) is 0 Å². The summed E-state index contributed by atoms with van der Waals surface area (Å²) >= 11 is 0. The number of aromatic nitrogens is 1. The van der Waals surface area contributed by atoms with E-state index in [0.717, 1.165) is 6.26 Å². The molecule has 202 valence electrons. The van der Waals surface area contributed by atoms with E-state index in [4.69, 9.17) is 14.2 Å². The van der Waals surface area contributed by atoms with Gasteiger partial charge in [0, 0.05) is 35.7 Å². The minimum Gasteiger partial charge on any atom is -0.478 e. The number of aliphatic hydroxyl groups excluding tert-OH is 1. The van der Waals surface area contributed by atoms with Crippen molar-refractivity contribution in [3.63, 3.8) is 0 Å². The van der Waals surface area contributed by atoms with Gasteiger partial charge >= 0.3 is 6.09 Å². The number of nitrogens with one attached hydrogen (secondary N) is 1. The molecule has 2 fully saturated rings. The van der Waals surface area contributed by atoms with Gasteiger partial charge in [0.25, 0.3) is 6.43 Å². The van der Waals surface area contributed by atoms with Gasteiger partial charge in [-0.1, -0.05) is 0 Å². The molecule has 5 rings (SSSR count). The fourth-order valence-corrected chi connectivity index (χ4v) is 6.06. The van der Waals surface area contributed by atoms with Gasteiger partial charge in [0.05, 0.1) is 50.9 Å². The van der Waals surface area contributed by atoms with E-state index in [2.05, 4.69) is 9.71 Å². The zero-order chi connectivity index (χ0) is 25.9. The average Bonchev–Trinajstić information content (AvgIpc) is 3.17. The second kappa shape index (κ2) is 11.5. The Bertz CT molecular complexity index is 1020. The molecule has 0 radical (unpaired) electrons. The third kappa shape index (κ3) is 6.61. The second-order valence-electron chi connectivity index (χ2n) is 9.63. The molecule has 10 nitrogen and oxygen atoms in total. The smallest absolute Gasteiger partial charge is 0.410 e. The molecule has 36 heavy (non-hydrogen) atoms. The van der Waals surface area contributed by atoms with Crippen LogP contribution in [-0.2, 0) is 19.5 Å². The maximum absolute atomic E-state index is 13.5. The van der Waals surface area contributed by atoms with Crippen molar-refractivity contribution >= 4 is 16.1 Å². The molecule has 1 aromatic rings. The van der Waals surface area contributed by atoms with Crippen LogP contribution in [0, 0.1) is 0 Å². The number of fused-ring (bicyclic) bond motifs is 8. The van der Waals surface area contributed by atoms with Crippen LogP contribution in [0.15, 0.2) is 12.1 Å². The largest absolute Gasteiger partial charge is 0.478 e. The average molecular weight is 534 g/mol. The summed E-state index contributed by atoms with van der Waals surface area (Å²) in [5.41, 5.74) is 0.431. The highest BCUT2D eigenvalue weighted by Crippen LogP contribution is 2.36. The molecule has 0 spiro atoms. The molecule has 4 bridgehead atoms. The summed E-state index contributed by atoms with van der Waals surface area (Å²) in [7, 11) is -3.57. The van der Waals surface area contributed by atoms with Crippen LogP contribution in [0.3, 0.4) is 0 Å². The molecule has 3 aliphatic heterocycles. The lowest BCUT2D eigenvalue weighted by Crippen LogP contribution is -2.51. The van der Waals surface area contributed by atoms with Gasteiger partial charge in [-0.05, 0) is 38.2 Å². The Hall–Kier alpha value is -2.09. The molecule has 1 aliphatic carbocycles. The number of alkyl halides is 2. The summed E-state index contributed by atoms with van der Waals surface area (Å²) < 4.78 is 70.6. The Morgan fingerprint density at radius 3 is 2.58 bits per heavy atom. The van der Waals surface area contributed by atoms with Gasteiger partial charge < -0.3 is 19.3 Å². The van der Waals surface area contributed by atoms with Gasteiger partial charge in [-0.15, -0.1) is 0 Å². The number of halogens is 2. The number of carbonyl (C=O) groups excluding carboxylic acids is 1. The fraction of sp³-hybridized carbons (Fsp3) is 0.739. The van der Waals surface area contributed by atoms with Crippen molar-refractivity contribution < 1.29 is 41.3 Å². The number of hydrogen-bond acceptors (Lipinski definition) is 8. The number of sulfonamides is 1. The van der Waals surface area contributed by atoms with Crippen molar-refractivity contribution in [2.75, 3.05) is 32.7 Å². The monoisotopic (exact) mass is 533 g/mol. The lowest BCUT2D eigenvalue weighted by Gasteiger charge is -2.33. The van der Waals surface area contributed by atoms with Gasteiger partial charge in [-0.25, -0.2) is 31.7 Å². The van der Waals surface area contributed by atoms with Gasteiger partial charge in [0.1, 0.15) is 0 Å². The van der Waals surface area contributed by atoms with Crippen molar-refractivity contribution in [2.24, 2.45) is 0 Å². The summed E-state index contributed by atoms with van der Waals surface area (Å²) in [6.45, 7) is -0.193. The third-order valence-corrected chi connectivity index (χ3v) is 7.71. The minimum absolute atomic E-state index is 0.00658. The molecule has 2 N–H and O–H groups in total. The fourth-order valence-electron chi connectivity index (χ4n) is 5.26. The molecule has 1 amide bonds. The highest BCUT2D eigenvalue weighted by atomic mass is 32.2. The number of ether oxygens (including phenoxy) is 3. The van der Waals surface area contributed by atoms with E-state index < -0.39 is 40.7 Å². The number of pyridine rings is 1. The molecule has 13 heteroatoms. The predicted octanol–water partition coefficient (Wildman–Crippen LogP) is 2.33. The number of rotatable bonds is 4. The Morgan fingerprint density at radius 2 is 1.92 bits per heavy atom. The first-order valence-corrected chi connectivity index (χ1v) is 14.1. The molecular weight excluding hydrogens is 500 g/mol. The van der Waals surface area contributed by atoms with E-state index in [1.54, 1.807) is 0 Å². The molecule has 4 aliphatic rings. The van der Waals surface area contributed by atoms with Crippen LogP contribution in [0.1, 0.15) is 62.1 Å². The zero-order valence-corrected chi connectivity index (χ0v) is 21.0.